The van der Waals surface area contributed by atoms with Gasteiger partial charge in [-0.3, -0.25) is 0 Å². The minimum atomic E-state index is 0.196. The minimum absolute atomic E-state index is 0.196. The highest BCUT2D eigenvalue weighted by atomic mass is 35.5. The molecule has 0 fully saturated rings. The minimum Gasteiger partial charge on any atom is -0.411 e. The lowest BCUT2D eigenvalue weighted by Crippen LogP contribution is -2.14. The van der Waals surface area contributed by atoms with Crippen molar-refractivity contribution in [3.8, 4) is 0 Å². The third-order valence-electron chi connectivity index (χ3n) is 2.09. The van der Waals surface area contributed by atoms with E-state index in [2.05, 4.69) is 15.1 Å². The standard InChI is InChI=1S/C8H8ClN3O/c9-8-10-4-5-2-1-3-6(12-13)7(5)11-8/h4,13H,1-3H2. The highest BCUT2D eigenvalue weighted by molar-refractivity contribution is 6.28. The fourth-order valence-electron chi connectivity index (χ4n) is 1.48. The van der Waals surface area contributed by atoms with Gasteiger partial charge in [0.1, 0.15) is 5.71 Å². The lowest BCUT2D eigenvalue weighted by Gasteiger charge is -2.14. The van der Waals surface area contributed by atoms with Gasteiger partial charge >= 0.3 is 0 Å². The van der Waals surface area contributed by atoms with Crippen LogP contribution >= 0.6 is 11.6 Å². The Labute approximate surface area is 80.3 Å². The van der Waals surface area contributed by atoms with Gasteiger partial charge in [-0.2, -0.15) is 0 Å². The van der Waals surface area contributed by atoms with Gasteiger partial charge in [0.2, 0.25) is 5.28 Å². The molecule has 0 unspecified atom stereocenters. The lowest BCUT2D eigenvalue weighted by atomic mass is 9.96. The molecule has 0 aromatic carbocycles. The van der Waals surface area contributed by atoms with Crippen LogP contribution < -0.4 is 0 Å². The Morgan fingerprint density at radius 2 is 2.31 bits per heavy atom. The van der Waals surface area contributed by atoms with E-state index in [1.165, 1.54) is 0 Å². The largest absolute Gasteiger partial charge is 0.411 e. The van der Waals surface area contributed by atoms with Gasteiger partial charge in [-0.15, -0.1) is 0 Å². The SMILES string of the molecule is ON=C1CCCc2cnc(Cl)nc21. The second-order valence-electron chi connectivity index (χ2n) is 2.91. The van der Waals surface area contributed by atoms with Crippen LogP contribution in [-0.2, 0) is 6.42 Å². The fourth-order valence-corrected chi connectivity index (χ4v) is 1.61. The van der Waals surface area contributed by atoms with E-state index in [0.717, 1.165) is 24.8 Å². The Morgan fingerprint density at radius 3 is 3.08 bits per heavy atom. The summed E-state index contributed by atoms with van der Waals surface area (Å²) in [5.74, 6) is 0. The van der Waals surface area contributed by atoms with Gasteiger partial charge in [-0.25, -0.2) is 9.97 Å². The van der Waals surface area contributed by atoms with Crippen LogP contribution in [0.4, 0.5) is 0 Å². The summed E-state index contributed by atoms with van der Waals surface area (Å²) >= 11 is 5.64. The normalized spacial score (nSPS) is 18.7. The first-order valence-corrected chi connectivity index (χ1v) is 4.42. The third-order valence-corrected chi connectivity index (χ3v) is 2.27. The Morgan fingerprint density at radius 1 is 1.46 bits per heavy atom. The third kappa shape index (κ3) is 1.49. The van der Waals surface area contributed by atoms with Crippen LogP contribution in [0.15, 0.2) is 11.4 Å². The summed E-state index contributed by atoms with van der Waals surface area (Å²) in [6.07, 6.45) is 4.33. The summed E-state index contributed by atoms with van der Waals surface area (Å²) < 4.78 is 0. The molecule has 4 nitrogen and oxygen atoms in total. The van der Waals surface area contributed by atoms with Gasteiger partial charge in [-0.05, 0) is 36.4 Å². The second kappa shape index (κ2) is 3.30. The van der Waals surface area contributed by atoms with E-state index in [1.54, 1.807) is 6.20 Å². The van der Waals surface area contributed by atoms with Crippen LogP contribution in [0.25, 0.3) is 0 Å². The van der Waals surface area contributed by atoms with Gasteiger partial charge < -0.3 is 5.21 Å². The number of oxime groups is 1. The number of halogens is 1. The molecule has 5 heteroatoms. The summed E-state index contributed by atoms with van der Waals surface area (Å²) in [4.78, 5) is 7.91. The summed E-state index contributed by atoms with van der Waals surface area (Å²) in [5, 5.41) is 12.1. The first-order valence-electron chi connectivity index (χ1n) is 4.04. The molecular weight excluding hydrogens is 190 g/mol. The average molecular weight is 198 g/mol. The molecule has 1 heterocycles. The molecular formula is C8H8ClN3O. The van der Waals surface area contributed by atoms with E-state index in [9.17, 15) is 0 Å². The van der Waals surface area contributed by atoms with Crippen molar-refractivity contribution in [3.63, 3.8) is 0 Å². The van der Waals surface area contributed by atoms with Crippen LogP contribution in [0.2, 0.25) is 5.28 Å². The Kier molecular flexibility index (Phi) is 2.14. The van der Waals surface area contributed by atoms with Crippen LogP contribution in [0, 0.1) is 0 Å². The maximum atomic E-state index is 8.71. The van der Waals surface area contributed by atoms with Gasteiger partial charge in [0.15, 0.2) is 0 Å². The van der Waals surface area contributed by atoms with Gasteiger partial charge in [0, 0.05) is 6.20 Å². The topological polar surface area (TPSA) is 58.4 Å². The molecule has 0 saturated heterocycles. The summed E-state index contributed by atoms with van der Waals surface area (Å²) in [7, 11) is 0. The fraction of sp³-hybridized carbons (Fsp3) is 0.375. The van der Waals surface area contributed by atoms with Gasteiger partial charge in [-0.1, -0.05) is 5.16 Å². The van der Waals surface area contributed by atoms with Crippen LogP contribution in [0.1, 0.15) is 24.1 Å². The van der Waals surface area contributed by atoms with Crippen molar-refractivity contribution in [3.05, 3.63) is 22.7 Å². The molecule has 1 aliphatic rings. The lowest BCUT2D eigenvalue weighted by molar-refractivity contribution is 0.317. The molecule has 0 spiro atoms. The zero-order chi connectivity index (χ0) is 9.26. The number of rotatable bonds is 0. The summed E-state index contributed by atoms with van der Waals surface area (Å²) in [5.41, 5.74) is 2.29. The number of nitrogens with zero attached hydrogens (tertiary/aromatic N) is 3. The van der Waals surface area contributed by atoms with Crippen LogP contribution in [0.3, 0.4) is 0 Å². The van der Waals surface area contributed by atoms with Crippen molar-refractivity contribution in [2.24, 2.45) is 5.16 Å². The molecule has 1 aromatic rings. The monoisotopic (exact) mass is 197 g/mol. The van der Waals surface area contributed by atoms with Crippen LogP contribution in [-0.4, -0.2) is 20.9 Å². The smallest absolute Gasteiger partial charge is 0.222 e. The Bertz CT molecular complexity index is 364. The Hall–Kier alpha value is -1.16. The zero-order valence-electron chi connectivity index (χ0n) is 6.87. The first-order chi connectivity index (χ1) is 6.31. The predicted octanol–water partition coefficient (Wildman–Crippen LogP) is 1.64. The first kappa shape index (κ1) is 8.44. The molecule has 13 heavy (non-hydrogen) atoms. The number of aryl methyl sites for hydroxylation is 1. The molecule has 0 bridgehead atoms. The Balaban J connectivity index is 2.54. The van der Waals surface area contributed by atoms with Gasteiger partial charge in [0.05, 0.1) is 5.69 Å². The van der Waals surface area contributed by atoms with Crippen LogP contribution in [0.5, 0.6) is 0 Å². The molecule has 68 valence electrons. The molecule has 1 N–H and O–H groups in total. The predicted molar refractivity (Wildman–Crippen MR) is 48.3 cm³/mol. The highest BCUT2D eigenvalue weighted by Crippen LogP contribution is 2.20. The van der Waals surface area contributed by atoms with Crippen molar-refractivity contribution in [1.29, 1.82) is 0 Å². The van der Waals surface area contributed by atoms with Crippen molar-refractivity contribution in [1.82, 2.24) is 9.97 Å². The molecule has 1 aliphatic carbocycles. The maximum Gasteiger partial charge on any atom is 0.222 e. The van der Waals surface area contributed by atoms with Gasteiger partial charge in [0.25, 0.3) is 0 Å². The van der Waals surface area contributed by atoms with E-state index in [0.29, 0.717) is 11.4 Å². The summed E-state index contributed by atoms with van der Waals surface area (Å²) in [6.45, 7) is 0. The number of fused-ring (bicyclic) bond motifs is 1. The maximum absolute atomic E-state index is 8.71. The second-order valence-corrected chi connectivity index (χ2v) is 3.25. The zero-order valence-corrected chi connectivity index (χ0v) is 7.62. The van der Waals surface area contributed by atoms with E-state index < -0.39 is 0 Å². The van der Waals surface area contributed by atoms with Crippen molar-refractivity contribution < 1.29 is 5.21 Å². The molecule has 0 amide bonds. The van der Waals surface area contributed by atoms with Crippen molar-refractivity contribution >= 4 is 17.3 Å². The van der Waals surface area contributed by atoms with E-state index in [1.807, 2.05) is 0 Å². The van der Waals surface area contributed by atoms with E-state index in [4.69, 9.17) is 16.8 Å². The number of aromatic nitrogens is 2. The number of hydrogen-bond donors (Lipinski definition) is 1. The summed E-state index contributed by atoms with van der Waals surface area (Å²) in [6, 6.07) is 0. The molecule has 0 atom stereocenters. The molecule has 0 radical (unpaired) electrons. The number of hydrogen-bond acceptors (Lipinski definition) is 4. The molecule has 0 saturated carbocycles. The quantitative estimate of drug-likeness (QED) is 0.391. The van der Waals surface area contributed by atoms with Crippen molar-refractivity contribution in [2.75, 3.05) is 0 Å². The average Bonchev–Trinajstić information content (AvgIpc) is 2.17. The van der Waals surface area contributed by atoms with Crippen molar-refractivity contribution in [2.45, 2.75) is 19.3 Å². The molecule has 0 aliphatic heterocycles. The highest BCUT2D eigenvalue weighted by Gasteiger charge is 2.18. The van der Waals surface area contributed by atoms with E-state index in [-0.39, 0.29) is 5.28 Å². The molecule has 1 aromatic heterocycles. The van der Waals surface area contributed by atoms with E-state index >= 15 is 0 Å². The molecule has 2 rings (SSSR count).